The molecule has 1 atom stereocenters. The number of likely N-dealkylation sites (tertiary alicyclic amines) is 1. The molecule has 0 bridgehead atoms. The second kappa shape index (κ2) is 6.24. The SMILES string of the molecule is COC(=O)c1cccc(C(=O)N2CCCC2c2cc(C)no2)c1. The first-order valence-corrected chi connectivity index (χ1v) is 7.52. The monoisotopic (exact) mass is 314 g/mol. The zero-order chi connectivity index (χ0) is 16.4. The largest absolute Gasteiger partial charge is 0.465 e. The van der Waals surface area contributed by atoms with Gasteiger partial charge in [-0.3, -0.25) is 4.79 Å². The van der Waals surface area contributed by atoms with Crippen LogP contribution in [0.2, 0.25) is 0 Å². The van der Waals surface area contributed by atoms with Crippen LogP contribution in [0.25, 0.3) is 0 Å². The highest BCUT2D eigenvalue weighted by Gasteiger charge is 2.33. The molecule has 120 valence electrons. The number of carbonyl (C=O) groups excluding carboxylic acids is 2. The molecule has 1 aliphatic rings. The third kappa shape index (κ3) is 2.97. The fourth-order valence-corrected chi connectivity index (χ4v) is 2.91. The molecule has 23 heavy (non-hydrogen) atoms. The van der Waals surface area contributed by atoms with Gasteiger partial charge in [0.1, 0.15) is 0 Å². The van der Waals surface area contributed by atoms with Gasteiger partial charge in [-0.05, 0) is 38.0 Å². The summed E-state index contributed by atoms with van der Waals surface area (Å²) in [5.74, 6) is 0.133. The quantitative estimate of drug-likeness (QED) is 0.815. The van der Waals surface area contributed by atoms with Gasteiger partial charge in [-0.2, -0.15) is 0 Å². The number of esters is 1. The van der Waals surface area contributed by atoms with Crippen LogP contribution < -0.4 is 0 Å². The number of amides is 1. The van der Waals surface area contributed by atoms with Crippen molar-refractivity contribution in [2.75, 3.05) is 13.7 Å². The van der Waals surface area contributed by atoms with Gasteiger partial charge in [-0.15, -0.1) is 0 Å². The van der Waals surface area contributed by atoms with Gasteiger partial charge in [0, 0.05) is 18.2 Å². The van der Waals surface area contributed by atoms with E-state index in [0.29, 0.717) is 23.4 Å². The van der Waals surface area contributed by atoms with Crippen molar-refractivity contribution >= 4 is 11.9 Å². The molecule has 0 spiro atoms. The smallest absolute Gasteiger partial charge is 0.337 e. The van der Waals surface area contributed by atoms with Crippen molar-refractivity contribution < 1.29 is 18.8 Å². The van der Waals surface area contributed by atoms with Crippen LogP contribution in [-0.2, 0) is 4.74 Å². The summed E-state index contributed by atoms with van der Waals surface area (Å²) < 4.78 is 10.0. The van der Waals surface area contributed by atoms with Crippen molar-refractivity contribution in [3.05, 3.63) is 52.9 Å². The predicted octanol–water partition coefficient (Wildman–Crippen LogP) is 2.75. The average molecular weight is 314 g/mol. The Morgan fingerprint density at radius 1 is 1.30 bits per heavy atom. The van der Waals surface area contributed by atoms with Crippen molar-refractivity contribution in [3.63, 3.8) is 0 Å². The number of hydrogen-bond acceptors (Lipinski definition) is 5. The second-order valence-electron chi connectivity index (χ2n) is 5.60. The third-order valence-corrected chi connectivity index (χ3v) is 4.02. The Balaban J connectivity index is 1.86. The van der Waals surface area contributed by atoms with E-state index in [1.807, 2.05) is 13.0 Å². The maximum Gasteiger partial charge on any atom is 0.337 e. The number of aryl methyl sites for hydroxylation is 1. The van der Waals surface area contributed by atoms with Crippen LogP contribution in [0.1, 0.15) is 51.1 Å². The van der Waals surface area contributed by atoms with Crippen LogP contribution in [0.15, 0.2) is 34.9 Å². The molecule has 1 unspecified atom stereocenters. The Morgan fingerprint density at radius 3 is 2.78 bits per heavy atom. The number of carbonyl (C=O) groups is 2. The van der Waals surface area contributed by atoms with Gasteiger partial charge in [0.2, 0.25) is 0 Å². The van der Waals surface area contributed by atoms with E-state index >= 15 is 0 Å². The molecule has 3 rings (SSSR count). The highest BCUT2D eigenvalue weighted by Crippen LogP contribution is 2.33. The van der Waals surface area contributed by atoms with Crippen LogP contribution in [0.4, 0.5) is 0 Å². The minimum Gasteiger partial charge on any atom is -0.465 e. The van der Waals surface area contributed by atoms with E-state index in [1.54, 1.807) is 29.2 Å². The Morgan fingerprint density at radius 2 is 2.09 bits per heavy atom. The van der Waals surface area contributed by atoms with E-state index in [4.69, 9.17) is 9.26 Å². The Bertz CT molecular complexity index is 738. The summed E-state index contributed by atoms with van der Waals surface area (Å²) in [6, 6.07) is 8.34. The van der Waals surface area contributed by atoms with Crippen molar-refractivity contribution in [1.82, 2.24) is 10.1 Å². The minimum atomic E-state index is -0.455. The molecule has 1 saturated heterocycles. The topological polar surface area (TPSA) is 72.6 Å². The minimum absolute atomic E-state index is 0.106. The number of hydrogen-bond donors (Lipinski definition) is 0. The van der Waals surface area contributed by atoms with Gasteiger partial charge < -0.3 is 14.2 Å². The van der Waals surface area contributed by atoms with Crippen LogP contribution in [-0.4, -0.2) is 35.6 Å². The molecule has 2 heterocycles. The van der Waals surface area contributed by atoms with Crippen LogP contribution in [0.5, 0.6) is 0 Å². The molecule has 0 aliphatic carbocycles. The van der Waals surface area contributed by atoms with E-state index in [1.165, 1.54) is 7.11 Å². The van der Waals surface area contributed by atoms with Gasteiger partial charge >= 0.3 is 5.97 Å². The van der Waals surface area contributed by atoms with Crippen LogP contribution in [0, 0.1) is 6.92 Å². The van der Waals surface area contributed by atoms with Gasteiger partial charge in [-0.25, -0.2) is 4.79 Å². The van der Waals surface area contributed by atoms with E-state index in [-0.39, 0.29) is 11.9 Å². The standard InChI is InChI=1S/C17H18N2O4/c1-11-9-15(23-18-11)14-7-4-8-19(14)16(20)12-5-3-6-13(10-12)17(21)22-2/h3,5-6,9-10,14H,4,7-8H2,1-2H3. The first kappa shape index (κ1) is 15.3. The van der Waals surface area contributed by atoms with Crippen molar-refractivity contribution in [2.45, 2.75) is 25.8 Å². The van der Waals surface area contributed by atoms with Gasteiger partial charge in [0.05, 0.1) is 24.4 Å². The van der Waals surface area contributed by atoms with Crippen LogP contribution in [0.3, 0.4) is 0 Å². The van der Waals surface area contributed by atoms with Crippen LogP contribution >= 0.6 is 0 Å². The maximum absolute atomic E-state index is 12.8. The first-order valence-electron chi connectivity index (χ1n) is 7.52. The maximum atomic E-state index is 12.8. The highest BCUT2D eigenvalue weighted by atomic mass is 16.5. The molecule has 1 aromatic carbocycles. The van der Waals surface area contributed by atoms with Gasteiger partial charge in [-0.1, -0.05) is 11.2 Å². The van der Waals surface area contributed by atoms with E-state index in [0.717, 1.165) is 18.5 Å². The normalized spacial score (nSPS) is 17.3. The number of rotatable bonds is 3. The van der Waals surface area contributed by atoms with Crippen molar-refractivity contribution in [1.29, 1.82) is 0 Å². The molecule has 0 N–H and O–H groups in total. The Hall–Kier alpha value is -2.63. The highest BCUT2D eigenvalue weighted by molar-refractivity contribution is 5.98. The molecule has 1 aliphatic heterocycles. The third-order valence-electron chi connectivity index (χ3n) is 4.02. The average Bonchev–Trinajstić information content (AvgIpc) is 3.22. The Kier molecular flexibility index (Phi) is 4.14. The van der Waals surface area contributed by atoms with E-state index < -0.39 is 5.97 Å². The molecular formula is C17H18N2O4. The van der Waals surface area contributed by atoms with E-state index in [9.17, 15) is 9.59 Å². The summed E-state index contributed by atoms with van der Waals surface area (Å²) >= 11 is 0. The number of aromatic nitrogens is 1. The number of methoxy groups -OCH3 is 1. The predicted molar refractivity (Wildman–Crippen MR) is 82.0 cm³/mol. The summed E-state index contributed by atoms with van der Waals surface area (Å²) in [7, 11) is 1.32. The number of ether oxygens (including phenoxy) is 1. The molecule has 6 nitrogen and oxygen atoms in total. The van der Waals surface area contributed by atoms with Gasteiger partial charge in [0.15, 0.2) is 5.76 Å². The molecule has 0 radical (unpaired) electrons. The first-order chi connectivity index (χ1) is 11.1. The fourth-order valence-electron chi connectivity index (χ4n) is 2.91. The lowest BCUT2D eigenvalue weighted by molar-refractivity contribution is 0.0600. The zero-order valence-electron chi connectivity index (χ0n) is 13.1. The summed E-state index contributed by atoms with van der Waals surface area (Å²) in [4.78, 5) is 26.2. The lowest BCUT2D eigenvalue weighted by Gasteiger charge is -2.22. The molecule has 2 aromatic rings. The lowest BCUT2D eigenvalue weighted by atomic mass is 10.1. The molecule has 0 saturated carbocycles. The fraction of sp³-hybridized carbons (Fsp3) is 0.353. The number of benzene rings is 1. The summed E-state index contributed by atoms with van der Waals surface area (Å²) in [5.41, 5.74) is 1.63. The van der Waals surface area contributed by atoms with Crippen molar-refractivity contribution in [3.8, 4) is 0 Å². The number of nitrogens with zero attached hydrogens (tertiary/aromatic N) is 2. The summed E-state index contributed by atoms with van der Waals surface area (Å²) in [6.45, 7) is 2.51. The lowest BCUT2D eigenvalue weighted by Crippen LogP contribution is -2.30. The van der Waals surface area contributed by atoms with Gasteiger partial charge in [0.25, 0.3) is 5.91 Å². The molecule has 6 heteroatoms. The van der Waals surface area contributed by atoms with E-state index in [2.05, 4.69) is 5.16 Å². The molecule has 1 fully saturated rings. The molecule has 1 amide bonds. The molecule has 1 aromatic heterocycles. The summed E-state index contributed by atoms with van der Waals surface area (Å²) in [5, 5.41) is 3.90. The van der Waals surface area contributed by atoms with Crippen molar-refractivity contribution in [2.24, 2.45) is 0 Å². The second-order valence-corrected chi connectivity index (χ2v) is 5.60. The summed E-state index contributed by atoms with van der Waals surface area (Å²) in [6.07, 6.45) is 1.75. The Labute approximate surface area is 134 Å². The zero-order valence-corrected chi connectivity index (χ0v) is 13.1. The molecular weight excluding hydrogens is 296 g/mol.